The van der Waals surface area contributed by atoms with Crippen molar-refractivity contribution in [2.45, 2.75) is 81.2 Å². The fourth-order valence-electron chi connectivity index (χ4n) is 11.4. The molecule has 13 atom stereocenters. The molecule has 0 amide bonds. The van der Waals surface area contributed by atoms with Crippen LogP contribution in [0.25, 0.3) is 0 Å². The summed E-state index contributed by atoms with van der Waals surface area (Å²) in [5, 5.41) is 37.4. The monoisotopic (exact) mass is 527 g/mol. The van der Waals surface area contributed by atoms with Crippen molar-refractivity contribution in [3.8, 4) is 0 Å². The van der Waals surface area contributed by atoms with Crippen LogP contribution in [0.4, 0.5) is 0 Å². The van der Waals surface area contributed by atoms with E-state index in [4.69, 9.17) is 14.2 Å². The molecule has 1 saturated heterocycles. The van der Waals surface area contributed by atoms with Crippen molar-refractivity contribution in [1.82, 2.24) is 4.90 Å². The number of benzene rings is 1. The molecule has 1 aromatic carbocycles. The molecule has 8 nitrogen and oxygen atoms in total. The molecule has 6 aliphatic rings. The van der Waals surface area contributed by atoms with E-state index in [1.807, 2.05) is 6.07 Å². The quantitative estimate of drug-likeness (QED) is 0.498. The predicted octanol–water partition coefficient (Wildman–Crippen LogP) is 1.86. The zero-order valence-electron chi connectivity index (χ0n) is 22.7. The molecule has 38 heavy (non-hydrogen) atoms. The van der Waals surface area contributed by atoms with Gasteiger partial charge in [-0.05, 0) is 49.3 Å². The molecule has 5 aliphatic carbocycles. The van der Waals surface area contributed by atoms with E-state index in [0.717, 1.165) is 25.9 Å². The first-order valence-electron chi connectivity index (χ1n) is 14.3. The molecular formula is C30H41NO7. The van der Waals surface area contributed by atoms with Crippen LogP contribution in [-0.4, -0.2) is 95.2 Å². The number of nitrogens with zero attached hydrogens (tertiary/aromatic N) is 1. The number of piperidine rings is 1. The van der Waals surface area contributed by atoms with Crippen molar-refractivity contribution >= 4 is 5.97 Å². The summed E-state index contributed by atoms with van der Waals surface area (Å²) in [7, 11) is 3.40. The summed E-state index contributed by atoms with van der Waals surface area (Å²) in [6, 6.07) is 8.48. The van der Waals surface area contributed by atoms with E-state index in [1.54, 1.807) is 38.5 Å². The van der Waals surface area contributed by atoms with Gasteiger partial charge in [-0.1, -0.05) is 32.0 Å². The number of hydrogen-bond donors (Lipinski definition) is 3. The van der Waals surface area contributed by atoms with Crippen LogP contribution in [0.15, 0.2) is 30.3 Å². The Labute approximate surface area is 224 Å². The lowest BCUT2D eigenvalue weighted by Gasteiger charge is -2.69. The van der Waals surface area contributed by atoms with Gasteiger partial charge >= 0.3 is 5.97 Å². The number of aliphatic hydroxyl groups excluding tert-OH is 1. The Bertz CT molecular complexity index is 1130. The van der Waals surface area contributed by atoms with Gasteiger partial charge in [0.05, 0.1) is 29.9 Å². The molecule has 8 heteroatoms. The van der Waals surface area contributed by atoms with E-state index < -0.39 is 46.8 Å². The maximum absolute atomic E-state index is 13.3. The molecule has 3 N–H and O–H groups in total. The average molecular weight is 528 g/mol. The number of aliphatic hydroxyl groups is 3. The predicted molar refractivity (Wildman–Crippen MR) is 137 cm³/mol. The first-order valence-corrected chi connectivity index (χ1v) is 14.3. The van der Waals surface area contributed by atoms with Crippen LogP contribution in [0.3, 0.4) is 0 Å². The zero-order chi connectivity index (χ0) is 26.8. The molecule has 1 heterocycles. The second kappa shape index (κ2) is 8.02. The summed E-state index contributed by atoms with van der Waals surface area (Å²) >= 11 is 0. The summed E-state index contributed by atoms with van der Waals surface area (Å²) in [6.07, 6.45) is 0.104. The van der Waals surface area contributed by atoms with Gasteiger partial charge in [0.1, 0.15) is 17.3 Å². The fourth-order valence-corrected chi connectivity index (χ4v) is 11.4. The highest BCUT2D eigenvalue weighted by atomic mass is 16.5. The van der Waals surface area contributed by atoms with Crippen LogP contribution in [0.5, 0.6) is 0 Å². The summed E-state index contributed by atoms with van der Waals surface area (Å²) in [6.45, 7) is 5.99. The molecule has 0 unspecified atom stereocenters. The Kier molecular flexibility index (Phi) is 5.36. The molecule has 1 spiro atoms. The summed E-state index contributed by atoms with van der Waals surface area (Å²) in [5.74, 6) is -1.42. The Hall–Kier alpha value is -1.55. The normalized spacial score (nSPS) is 54.1. The largest absolute Gasteiger partial charge is 0.458 e. The number of hydrogen-bond acceptors (Lipinski definition) is 8. The maximum Gasteiger partial charge on any atom is 0.338 e. The lowest BCUT2D eigenvalue weighted by Crippen LogP contribution is -2.81. The molecule has 5 saturated carbocycles. The molecule has 6 fully saturated rings. The fraction of sp³-hybridized carbons (Fsp3) is 0.767. The van der Waals surface area contributed by atoms with Crippen LogP contribution in [0.2, 0.25) is 0 Å². The van der Waals surface area contributed by atoms with E-state index >= 15 is 0 Å². The number of likely N-dealkylation sites (tertiary alicyclic amines) is 1. The number of carbonyl (C=O) groups is 1. The molecular weight excluding hydrogens is 486 g/mol. The van der Waals surface area contributed by atoms with Gasteiger partial charge < -0.3 is 29.5 Å². The lowest BCUT2D eigenvalue weighted by molar-refractivity contribution is -0.316. The second-order valence-electron chi connectivity index (χ2n) is 13.3. The van der Waals surface area contributed by atoms with Crippen molar-refractivity contribution in [2.75, 3.05) is 27.3 Å². The molecule has 0 aromatic heterocycles. The Morgan fingerprint density at radius 2 is 1.89 bits per heavy atom. The highest BCUT2D eigenvalue weighted by molar-refractivity contribution is 5.89. The van der Waals surface area contributed by atoms with E-state index in [2.05, 4.69) is 18.7 Å². The van der Waals surface area contributed by atoms with E-state index in [1.165, 1.54) is 0 Å². The van der Waals surface area contributed by atoms with Crippen LogP contribution in [0, 0.1) is 34.5 Å². The molecule has 7 bridgehead atoms. The minimum Gasteiger partial charge on any atom is -0.458 e. The van der Waals surface area contributed by atoms with Crippen molar-refractivity contribution < 1.29 is 34.3 Å². The first-order chi connectivity index (χ1) is 18.1. The van der Waals surface area contributed by atoms with E-state index in [0.29, 0.717) is 12.0 Å². The zero-order valence-corrected chi connectivity index (χ0v) is 22.7. The van der Waals surface area contributed by atoms with Gasteiger partial charge in [0.15, 0.2) is 0 Å². The molecule has 7 rings (SSSR count). The smallest absolute Gasteiger partial charge is 0.338 e. The molecule has 208 valence electrons. The summed E-state index contributed by atoms with van der Waals surface area (Å²) in [4.78, 5) is 15.7. The number of likely N-dealkylation sites (N-methyl/N-ethyl adjacent to an activating group) is 1. The third-order valence-corrected chi connectivity index (χ3v) is 12.2. The average Bonchev–Trinajstić information content (AvgIpc) is 3.32. The minimum atomic E-state index is -1.68. The Morgan fingerprint density at radius 1 is 1.16 bits per heavy atom. The summed E-state index contributed by atoms with van der Waals surface area (Å²) in [5.41, 5.74) is -3.53. The highest BCUT2D eigenvalue weighted by Crippen LogP contribution is 2.80. The molecule has 1 aliphatic heterocycles. The van der Waals surface area contributed by atoms with E-state index in [9.17, 15) is 20.1 Å². The second-order valence-corrected chi connectivity index (χ2v) is 13.3. The van der Waals surface area contributed by atoms with Gasteiger partial charge in [-0.25, -0.2) is 4.79 Å². The standard InChI is InChI=1S/C30H41NO7/c1-5-31-15-27(2)12-11-20(36-3)29-18-13-17-19(32)14-28(34,30(35,26(29)31)24(37-4)23(27)29)21(18)22(17)38-25(33)16-9-7-6-8-10-16/h6-10,17-24,26,32,34-35H,5,11-15H2,1-4H3/t17-,18-,19+,20+,21-,22+,23-,24+,26+,27+,28-,29+,30-/m1/s1. The molecule has 1 aromatic rings. The van der Waals surface area contributed by atoms with Gasteiger partial charge in [0.2, 0.25) is 0 Å². The SMILES string of the molecule is CCN1C[C@]2(C)CC[C@H](OC)[C@@]34[C@@H]5C[C@H]6[C@H](OC(=O)c7ccccc7)[C@@H]5[C@](O)(C[C@@H]6O)[C@@](O)([C@@H](OC)[C@H]23)[C@@H]14. The van der Waals surface area contributed by atoms with Gasteiger partial charge in [0.25, 0.3) is 0 Å². The van der Waals surface area contributed by atoms with Crippen LogP contribution >= 0.6 is 0 Å². The number of fused-ring (bicyclic) bond motifs is 2. The number of methoxy groups -OCH3 is 2. The molecule has 0 radical (unpaired) electrons. The topological polar surface area (TPSA) is 109 Å². The van der Waals surface area contributed by atoms with Crippen molar-refractivity contribution in [3.05, 3.63) is 35.9 Å². The third-order valence-electron chi connectivity index (χ3n) is 12.2. The van der Waals surface area contributed by atoms with Gasteiger partial charge in [-0.3, -0.25) is 4.90 Å². The number of rotatable bonds is 5. The minimum absolute atomic E-state index is 0.0301. The van der Waals surface area contributed by atoms with E-state index in [-0.39, 0.29) is 41.7 Å². The number of esters is 1. The number of carbonyl (C=O) groups excluding carboxylic acids is 1. The third kappa shape index (κ3) is 2.61. The van der Waals surface area contributed by atoms with Crippen LogP contribution in [-0.2, 0) is 14.2 Å². The van der Waals surface area contributed by atoms with Gasteiger partial charge in [-0.15, -0.1) is 0 Å². The lowest BCUT2D eigenvalue weighted by atomic mass is 9.43. The summed E-state index contributed by atoms with van der Waals surface area (Å²) < 4.78 is 18.8. The maximum atomic E-state index is 13.3. The van der Waals surface area contributed by atoms with Crippen molar-refractivity contribution in [1.29, 1.82) is 0 Å². The van der Waals surface area contributed by atoms with Crippen molar-refractivity contribution in [2.24, 2.45) is 34.5 Å². The van der Waals surface area contributed by atoms with Crippen LogP contribution in [0.1, 0.15) is 49.9 Å². The highest BCUT2D eigenvalue weighted by Gasteiger charge is 2.91. The first kappa shape index (κ1) is 25.4. The Morgan fingerprint density at radius 3 is 2.55 bits per heavy atom. The van der Waals surface area contributed by atoms with Gasteiger partial charge in [-0.2, -0.15) is 0 Å². The van der Waals surface area contributed by atoms with Crippen molar-refractivity contribution in [3.63, 3.8) is 0 Å². The number of ether oxygens (including phenoxy) is 3. The van der Waals surface area contributed by atoms with Gasteiger partial charge in [0, 0.05) is 50.4 Å². The Balaban J connectivity index is 1.44. The van der Waals surface area contributed by atoms with Crippen LogP contribution < -0.4 is 0 Å².